The first-order valence-electron chi connectivity index (χ1n) is 8.79. The zero-order valence-corrected chi connectivity index (χ0v) is 15.4. The van der Waals surface area contributed by atoms with E-state index in [4.69, 9.17) is 10.5 Å². The molecule has 2 heterocycles. The summed E-state index contributed by atoms with van der Waals surface area (Å²) in [6.45, 7) is 5.94. The number of benzene rings is 1. The molecule has 0 aliphatic rings. The minimum atomic E-state index is -0.609. The van der Waals surface area contributed by atoms with Gasteiger partial charge in [0.15, 0.2) is 5.65 Å². The second-order valence-electron chi connectivity index (χ2n) is 7.43. The van der Waals surface area contributed by atoms with Crippen LogP contribution in [0, 0.1) is 5.92 Å². The number of nitrogens with zero attached hydrogens (tertiary/aromatic N) is 3. The highest BCUT2D eigenvalue weighted by Gasteiger charge is 2.22. The van der Waals surface area contributed by atoms with Crippen LogP contribution in [0.3, 0.4) is 0 Å². The zero-order valence-electron chi connectivity index (χ0n) is 15.4. The second-order valence-corrected chi connectivity index (χ2v) is 7.43. The Balaban J connectivity index is 1.85. The molecule has 1 aromatic carbocycles. The molecule has 0 amide bonds. The van der Waals surface area contributed by atoms with Crippen molar-refractivity contribution in [2.45, 2.75) is 39.4 Å². The van der Waals surface area contributed by atoms with E-state index >= 15 is 0 Å². The van der Waals surface area contributed by atoms with E-state index in [-0.39, 0.29) is 0 Å². The summed E-state index contributed by atoms with van der Waals surface area (Å²) in [6, 6.07) is 9.18. The summed E-state index contributed by atoms with van der Waals surface area (Å²) >= 11 is 0. The summed E-state index contributed by atoms with van der Waals surface area (Å²) < 4.78 is 21.2. The molecular formula is C20H25FN4O. The predicted molar refractivity (Wildman–Crippen MR) is 101 cm³/mol. The summed E-state index contributed by atoms with van der Waals surface area (Å²) in [4.78, 5) is 4.26. The Labute approximate surface area is 153 Å². The first-order valence-corrected chi connectivity index (χ1v) is 8.79. The Hall–Kier alpha value is -2.47. The first-order chi connectivity index (χ1) is 12.4. The number of nitrogens with two attached hydrogens (primary N) is 1. The Kier molecular flexibility index (Phi) is 5.23. The van der Waals surface area contributed by atoms with Crippen LogP contribution in [0.2, 0.25) is 0 Å². The normalized spacial score (nSPS) is 13.9. The lowest BCUT2D eigenvalue weighted by atomic mass is 9.93. The van der Waals surface area contributed by atoms with Crippen molar-refractivity contribution >= 4 is 5.65 Å². The van der Waals surface area contributed by atoms with Gasteiger partial charge in [-0.15, -0.1) is 0 Å². The lowest BCUT2D eigenvalue weighted by Gasteiger charge is -2.27. The van der Waals surface area contributed by atoms with Crippen molar-refractivity contribution in [2.75, 3.05) is 6.61 Å². The van der Waals surface area contributed by atoms with Crippen LogP contribution in [0.5, 0.6) is 5.75 Å². The number of rotatable bonds is 7. The average Bonchev–Trinajstić information content (AvgIpc) is 3.07. The van der Waals surface area contributed by atoms with E-state index in [9.17, 15) is 4.39 Å². The smallest absolute Gasteiger partial charge is 0.155 e. The van der Waals surface area contributed by atoms with Crippen molar-refractivity contribution in [3.05, 3.63) is 48.3 Å². The molecule has 0 spiro atoms. The van der Waals surface area contributed by atoms with Crippen LogP contribution in [0.25, 0.3) is 16.9 Å². The van der Waals surface area contributed by atoms with Gasteiger partial charge in [0.05, 0.1) is 11.9 Å². The average molecular weight is 356 g/mol. The zero-order chi connectivity index (χ0) is 18.7. The SMILES string of the molecule is CC(C)CC(C)(N)COc1ccc(-c2ccnc3ccnn23)cc1CF. The highest BCUT2D eigenvalue weighted by Crippen LogP contribution is 2.28. The minimum Gasteiger partial charge on any atom is -0.491 e. The third kappa shape index (κ3) is 4.02. The molecule has 2 aromatic heterocycles. The topological polar surface area (TPSA) is 65.4 Å². The molecule has 0 aliphatic heterocycles. The van der Waals surface area contributed by atoms with Crippen LogP contribution < -0.4 is 10.5 Å². The summed E-state index contributed by atoms with van der Waals surface area (Å²) in [5, 5.41) is 4.28. The molecule has 0 bridgehead atoms. The molecule has 5 nitrogen and oxygen atoms in total. The van der Waals surface area contributed by atoms with Crippen molar-refractivity contribution in [1.82, 2.24) is 14.6 Å². The van der Waals surface area contributed by atoms with Gasteiger partial charge in [-0.3, -0.25) is 0 Å². The van der Waals surface area contributed by atoms with E-state index < -0.39 is 12.2 Å². The number of hydrogen-bond donors (Lipinski definition) is 1. The molecule has 1 unspecified atom stereocenters. The van der Waals surface area contributed by atoms with Gasteiger partial charge in [0.2, 0.25) is 0 Å². The van der Waals surface area contributed by atoms with Gasteiger partial charge in [0.25, 0.3) is 0 Å². The molecule has 0 saturated carbocycles. The van der Waals surface area contributed by atoms with Crippen LogP contribution in [-0.2, 0) is 6.67 Å². The van der Waals surface area contributed by atoms with E-state index in [2.05, 4.69) is 23.9 Å². The molecule has 3 aromatic rings. The van der Waals surface area contributed by atoms with Gasteiger partial charge in [-0.1, -0.05) is 13.8 Å². The maximum Gasteiger partial charge on any atom is 0.155 e. The van der Waals surface area contributed by atoms with Gasteiger partial charge in [0.1, 0.15) is 19.0 Å². The van der Waals surface area contributed by atoms with Crippen LogP contribution in [0.4, 0.5) is 4.39 Å². The first kappa shape index (κ1) is 18.3. The van der Waals surface area contributed by atoms with E-state index in [1.807, 2.05) is 25.1 Å². The third-order valence-electron chi connectivity index (χ3n) is 4.22. The summed E-state index contributed by atoms with van der Waals surface area (Å²) in [5.74, 6) is 1.00. The highest BCUT2D eigenvalue weighted by molar-refractivity contribution is 5.64. The Morgan fingerprint density at radius 3 is 2.77 bits per heavy atom. The van der Waals surface area contributed by atoms with Gasteiger partial charge >= 0.3 is 0 Å². The molecule has 0 radical (unpaired) electrons. The Morgan fingerprint density at radius 2 is 2.04 bits per heavy atom. The molecule has 0 saturated heterocycles. The molecule has 0 aliphatic carbocycles. The lowest BCUT2D eigenvalue weighted by Crippen LogP contribution is -2.43. The quantitative estimate of drug-likeness (QED) is 0.695. The van der Waals surface area contributed by atoms with E-state index in [1.54, 1.807) is 29.0 Å². The van der Waals surface area contributed by atoms with Gasteiger partial charge in [0, 0.05) is 28.9 Å². The summed E-state index contributed by atoms with van der Waals surface area (Å²) in [7, 11) is 0. The number of alkyl halides is 1. The standard InChI is InChI=1S/C20H25FN4O/c1-14(2)11-20(3,22)13-26-18-5-4-15(10-16(18)12-21)17-6-8-23-19-7-9-24-25(17)19/h4-10,14H,11-13,22H2,1-3H3. The largest absolute Gasteiger partial charge is 0.491 e. The molecule has 138 valence electrons. The number of fused-ring (bicyclic) bond motifs is 1. The van der Waals surface area contributed by atoms with Crippen LogP contribution in [-0.4, -0.2) is 26.7 Å². The molecular weight excluding hydrogens is 331 g/mol. The van der Waals surface area contributed by atoms with Gasteiger partial charge in [-0.25, -0.2) is 13.9 Å². The van der Waals surface area contributed by atoms with Crippen molar-refractivity contribution < 1.29 is 9.13 Å². The fraction of sp³-hybridized carbons (Fsp3) is 0.400. The third-order valence-corrected chi connectivity index (χ3v) is 4.22. The highest BCUT2D eigenvalue weighted by atomic mass is 19.1. The molecule has 6 heteroatoms. The fourth-order valence-corrected chi connectivity index (χ4v) is 3.27. The van der Waals surface area contributed by atoms with E-state index in [0.717, 1.165) is 23.3 Å². The van der Waals surface area contributed by atoms with Crippen LogP contribution >= 0.6 is 0 Å². The van der Waals surface area contributed by atoms with E-state index in [0.29, 0.717) is 23.8 Å². The molecule has 2 N–H and O–H groups in total. The maximum absolute atomic E-state index is 13.6. The van der Waals surface area contributed by atoms with Crippen LogP contribution in [0.1, 0.15) is 32.8 Å². The number of hydrogen-bond acceptors (Lipinski definition) is 4. The summed E-state index contributed by atoms with van der Waals surface area (Å²) in [6.07, 6.45) is 4.25. The Morgan fingerprint density at radius 1 is 1.23 bits per heavy atom. The Bertz CT molecular complexity index is 888. The van der Waals surface area contributed by atoms with Gasteiger partial charge in [-0.2, -0.15) is 5.10 Å². The van der Waals surface area contributed by atoms with Crippen molar-refractivity contribution in [2.24, 2.45) is 11.7 Å². The number of ether oxygens (including phenoxy) is 1. The predicted octanol–water partition coefficient (Wildman–Crippen LogP) is 4.01. The van der Waals surface area contributed by atoms with Crippen molar-refractivity contribution in [3.63, 3.8) is 0 Å². The maximum atomic E-state index is 13.6. The number of aromatic nitrogens is 3. The van der Waals surface area contributed by atoms with Crippen LogP contribution in [0.15, 0.2) is 42.7 Å². The summed E-state index contributed by atoms with van der Waals surface area (Å²) in [5.41, 5.74) is 8.80. The van der Waals surface area contributed by atoms with E-state index in [1.165, 1.54) is 0 Å². The molecule has 0 fully saturated rings. The van der Waals surface area contributed by atoms with Crippen molar-refractivity contribution in [3.8, 4) is 17.0 Å². The lowest BCUT2D eigenvalue weighted by molar-refractivity contribution is 0.204. The molecule has 3 rings (SSSR count). The molecule has 1 atom stereocenters. The van der Waals surface area contributed by atoms with Gasteiger partial charge < -0.3 is 10.5 Å². The van der Waals surface area contributed by atoms with Gasteiger partial charge in [-0.05, 0) is 43.5 Å². The molecule has 26 heavy (non-hydrogen) atoms. The monoisotopic (exact) mass is 356 g/mol. The number of halogens is 1. The van der Waals surface area contributed by atoms with Crippen molar-refractivity contribution in [1.29, 1.82) is 0 Å². The fourth-order valence-electron chi connectivity index (χ4n) is 3.27. The minimum absolute atomic E-state index is 0.343. The second kappa shape index (κ2) is 7.41.